The molecule has 0 aliphatic heterocycles. The van der Waals surface area contributed by atoms with Gasteiger partial charge in [0.2, 0.25) is 5.89 Å². The molecule has 1 aromatic heterocycles. The molecule has 0 saturated carbocycles. The zero-order valence-corrected chi connectivity index (χ0v) is 10.4. The number of nitrogens with two attached hydrogens (primary N) is 1. The van der Waals surface area contributed by atoms with Gasteiger partial charge in [-0.15, -0.1) is 5.10 Å². The van der Waals surface area contributed by atoms with Gasteiger partial charge < -0.3 is 20.2 Å². The van der Waals surface area contributed by atoms with E-state index in [4.69, 9.17) is 14.9 Å². The van der Waals surface area contributed by atoms with E-state index >= 15 is 0 Å². The van der Waals surface area contributed by atoms with Crippen LogP contribution in [0.15, 0.2) is 28.7 Å². The third-order valence-corrected chi connectivity index (χ3v) is 2.60. The predicted octanol–water partition coefficient (Wildman–Crippen LogP) is 1.71. The second kappa shape index (κ2) is 5.50. The summed E-state index contributed by atoms with van der Waals surface area (Å²) in [5, 5.41) is 10.8. The van der Waals surface area contributed by atoms with Crippen molar-refractivity contribution in [3.05, 3.63) is 35.7 Å². The van der Waals surface area contributed by atoms with Gasteiger partial charge in [0, 0.05) is 0 Å². The SMILES string of the molecule is COc1ccc(C(C)Nc2nnc(CN)o2)cc1. The average Bonchev–Trinajstić information content (AvgIpc) is 2.86. The Morgan fingerprint density at radius 1 is 1.33 bits per heavy atom. The van der Waals surface area contributed by atoms with E-state index in [2.05, 4.69) is 15.5 Å². The Morgan fingerprint density at radius 3 is 2.61 bits per heavy atom. The van der Waals surface area contributed by atoms with Crippen molar-refractivity contribution in [2.45, 2.75) is 19.5 Å². The summed E-state index contributed by atoms with van der Waals surface area (Å²) in [6.45, 7) is 2.25. The van der Waals surface area contributed by atoms with Crippen LogP contribution >= 0.6 is 0 Å². The number of nitrogens with one attached hydrogen (secondary N) is 1. The van der Waals surface area contributed by atoms with E-state index in [1.807, 2.05) is 31.2 Å². The third-order valence-electron chi connectivity index (χ3n) is 2.60. The first-order valence-corrected chi connectivity index (χ1v) is 5.66. The Balaban J connectivity index is 2.03. The Kier molecular flexibility index (Phi) is 3.78. The van der Waals surface area contributed by atoms with Crippen LogP contribution in [0.2, 0.25) is 0 Å². The van der Waals surface area contributed by atoms with Crippen LogP contribution in [-0.4, -0.2) is 17.3 Å². The smallest absolute Gasteiger partial charge is 0.315 e. The van der Waals surface area contributed by atoms with Gasteiger partial charge in [-0.2, -0.15) is 0 Å². The molecule has 6 heteroatoms. The van der Waals surface area contributed by atoms with Crippen molar-refractivity contribution in [3.63, 3.8) is 0 Å². The number of hydrogen-bond donors (Lipinski definition) is 2. The highest BCUT2D eigenvalue weighted by Crippen LogP contribution is 2.20. The zero-order valence-electron chi connectivity index (χ0n) is 10.4. The fraction of sp³-hybridized carbons (Fsp3) is 0.333. The highest BCUT2D eigenvalue weighted by molar-refractivity contribution is 5.33. The number of methoxy groups -OCH3 is 1. The lowest BCUT2D eigenvalue weighted by Gasteiger charge is -2.12. The Bertz CT molecular complexity index is 495. The minimum Gasteiger partial charge on any atom is -0.497 e. The molecule has 96 valence electrons. The zero-order chi connectivity index (χ0) is 13.0. The molecule has 2 rings (SSSR count). The minimum absolute atomic E-state index is 0.0574. The summed E-state index contributed by atoms with van der Waals surface area (Å²) in [7, 11) is 1.64. The summed E-state index contributed by atoms with van der Waals surface area (Å²) in [6.07, 6.45) is 0. The van der Waals surface area contributed by atoms with Crippen LogP contribution in [0.25, 0.3) is 0 Å². The van der Waals surface area contributed by atoms with Gasteiger partial charge in [-0.3, -0.25) is 0 Å². The highest BCUT2D eigenvalue weighted by atomic mass is 16.5. The molecule has 1 aromatic carbocycles. The molecule has 1 atom stereocenters. The van der Waals surface area contributed by atoms with Crippen molar-refractivity contribution in [1.29, 1.82) is 0 Å². The fourth-order valence-corrected chi connectivity index (χ4v) is 1.56. The molecular formula is C12H16N4O2. The molecule has 2 aromatic rings. The molecule has 0 radical (unpaired) electrons. The van der Waals surface area contributed by atoms with E-state index in [1.165, 1.54) is 0 Å². The standard InChI is InChI=1S/C12H16N4O2/c1-8(9-3-5-10(17-2)6-4-9)14-12-16-15-11(7-13)18-12/h3-6,8H,7,13H2,1-2H3,(H,14,16). The number of ether oxygens (including phenoxy) is 1. The summed E-state index contributed by atoms with van der Waals surface area (Å²) in [4.78, 5) is 0. The molecular weight excluding hydrogens is 232 g/mol. The molecule has 18 heavy (non-hydrogen) atoms. The topological polar surface area (TPSA) is 86.2 Å². The molecule has 0 amide bonds. The lowest BCUT2D eigenvalue weighted by molar-refractivity contribution is 0.414. The van der Waals surface area contributed by atoms with Gasteiger partial charge in [-0.1, -0.05) is 17.2 Å². The molecule has 1 unspecified atom stereocenters. The largest absolute Gasteiger partial charge is 0.497 e. The molecule has 0 spiro atoms. The van der Waals surface area contributed by atoms with Crippen LogP contribution in [0.5, 0.6) is 5.75 Å². The quantitative estimate of drug-likeness (QED) is 0.837. The van der Waals surface area contributed by atoms with E-state index in [9.17, 15) is 0 Å². The first kappa shape index (κ1) is 12.4. The monoisotopic (exact) mass is 248 g/mol. The van der Waals surface area contributed by atoms with E-state index in [-0.39, 0.29) is 12.6 Å². The number of hydrogen-bond acceptors (Lipinski definition) is 6. The summed E-state index contributed by atoms with van der Waals surface area (Å²) in [6, 6.07) is 8.22. The Morgan fingerprint density at radius 2 is 2.06 bits per heavy atom. The van der Waals surface area contributed by atoms with E-state index in [0.29, 0.717) is 11.9 Å². The van der Waals surface area contributed by atoms with Crippen LogP contribution in [0.1, 0.15) is 24.4 Å². The molecule has 0 saturated heterocycles. The van der Waals surface area contributed by atoms with Crippen LogP contribution in [0, 0.1) is 0 Å². The highest BCUT2D eigenvalue weighted by Gasteiger charge is 2.10. The van der Waals surface area contributed by atoms with Gasteiger partial charge in [-0.05, 0) is 24.6 Å². The normalized spacial score (nSPS) is 12.2. The summed E-state index contributed by atoms with van der Waals surface area (Å²) < 4.78 is 10.4. The van der Waals surface area contributed by atoms with E-state index in [1.54, 1.807) is 7.11 Å². The van der Waals surface area contributed by atoms with Gasteiger partial charge in [0.15, 0.2) is 0 Å². The maximum absolute atomic E-state index is 5.40. The number of rotatable bonds is 5. The molecule has 0 aliphatic rings. The fourth-order valence-electron chi connectivity index (χ4n) is 1.56. The molecule has 1 heterocycles. The summed E-state index contributed by atoms with van der Waals surface area (Å²) >= 11 is 0. The third kappa shape index (κ3) is 2.78. The van der Waals surface area contributed by atoms with Crippen LogP contribution < -0.4 is 15.8 Å². The number of benzene rings is 1. The number of nitrogens with zero attached hydrogens (tertiary/aromatic N) is 2. The van der Waals surface area contributed by atoms with Gasteiger partial charge in [0.25, 0.3) is 0 Å². The molecule has 6 nitrogen and oxygen atoms in total. The summed E-state index contributed by atoms with van der Waals surface area (Å²) in [5.74, 6) is 1.24. The summed E-state index contributed by atoms with van der Waals surface area (Å²) in [5.41, 5.74) is 6.50. The first-order chi connectivity index (χ1) is 8.72. The van der Waals surface area contributed by atoms with Crippen molar-refractivity contribution in [1.82, 2.24) is 10.2 Å². The van der Waals surface area contributed by atoms with E-state index < -0.39 is 0 Å². The van der Waals surface area contributed by atoms with Crippen molar-refractivity contribution in [3.8, 4) is 5.75 Å². The van der Waals surface area contributed by atoms with Crippen LogP contribution in [0.4, 0.5) is 6.01 Å². The Labute approximate surface area is 105 Å². The second-order valence-electron chi connectivity index (χ2n) is 3.84. The molecule has 0 aliphatic carbocycles. The number of aromatic nitrogens is 2. The van der Waals surface area contributed by atoms with E-state index in [0.717, 1.165) is 11.3 Å². The second-order valence-corrected chi connectivity index (χ2v) is 3.84. The van der Waals surface area contributed by atoms with Crippen molar-refractivity contribution < 1.29 is 9.15 Å². The van der Waals surface area contributed by atoms with Gasteiger partial charge in [0.1, 0.15) is 5.75 Å². The van der Waals surface area contributed by atoms with Crippen molar-refractivity contribution in [2.24, 2.45) is 5.73 Å². The average molecular weight is 248 g/mol. The lowest BCUT2D eigenvalue weighted by atomic mass is 10.1. The maximum atomic E-state index is 5.40. The molecule has 3 N–H and O–H groups in total. The van der Waals surface area contributed by atoms with Crippen molar-refractivity contribution in [2.75, 3.05) is 12.4 Å². The predicted molar refractivity (Wildman–Crippen MR) is 67.2 cm³/mol. The Hall–Kier alpha value is -2.08. The molecule has 0 fully saturated rings. The van der Waals surface area contributed by atoms with Gasteiger partial charge in [-0.25, -0.2) is 0 Å². The van der Waals surface area contributed by atoms with Crippen LogP contribution in [-0.2, 0) is 6.54 Å². The van der Waals surface area contributed by atoms with Gasteiger partial charge in [0.05, 0.1) is 19.7 Å². The van der Waals surface area contributed by atoms with Crippen molar-refractivity contribution >= 4 is 6.01 Å². The van der Waals surface area contributed by atoms with Crippen LogP contribution in [0.3, 0.4) is 0 Å². The minimum atomic E-state index is 0.0574. The first-order valence-electron chi connectivity index (χ1n) is 5.66. The maximum Gasteiger partial charge on any atom is 0.315 e. The number of anilines is 1. The van der Waals surface area contributed by atoms with Gasteiger partial charge >= 0.3 is 6.01 Å². The molecule has 0 bridgehead atoms. The lowest BCUT2D eigenvalue weighted by Crippen LogP contribution is -2.06.